The molecule has 0 aliphatic carbocycles. The molecule has 0 spiro atoms. The van der Waals surface area contributed by atoms with E-state index in [0.29, 0.717) is 0 Å². The summed E-state index contributed by atoms with van der Waals surface area (Å²) in [4.78, 5) is 8.66. The molecule has 1 heterocycles. The highest BCUT2D eigenvalue weighted by Crippen LogP contribution is 2.31. The first kappa shape index (κ1) is 14.3. The summed E-state index contributed by atoms with van der Waals surface area (Å²) < 4.78 is 10.7. The summed E-state index contributed by atoms with van der Waals surface area (Å²) in [7, 11) is 3.28. The lowest BCUT2D eigenvalue weighted by Gasteiger charge is -2.19. The average Bonchev–Trinajstić information content (AvgIpc) is 2.53. The summed E-state index contributed by atoms with van der Waals surface area (Å²) in [6.07, 6.45) is 3.48. The van der Waals surface area contributed by atoms with Crippen molar-refractivity contribution in [3.63, 3.8) is 0 Å². The fourth-order valence-electron chi connectivity index (χ4n) is 2.06. The summed E-state index contributed by atoms with van der Waals surface area (Å²) in [5, 5.41) is 3.38. The summed E-state index contributed by atoms with van der Waals surface area (Å²) >= 11 is 0. The van der Waals surface area contributed by atoms with Crippen LogP contribution in [0, 0.1) is 0 Å². The van der Waals surface area contributed by atoms with Gasteiger partial charge in [0.05, 0.1) is 20.3 Å². The van der Waals surface area contributed by atoms with E-state index in [4.69, 9.17) is 9.47 Å². The van der Waals surface area contributed by atoms with Gasteiger partial charge >= 0.3 is 0 Å². The zero-order valence-electron chi connectivity index (χ0n) is 12.0. The van der Waals surface area contributed by atoms with Crippen molar-refractivity contribution in [3.8, 4) is 11.5 Å². The van der Waals surface area contributed by atoms with Gasteiger partial charge < -0.3 is 14.8 Å². The van der Waals surface area contributed by atoms with Crippen molar-refractivity contribution in [2.24, 2.45) is 0 Å². The molecular weight excluding hydrogens is 254 g/mol. The van der Waals surface area contributed by atoms with Gasteiger partial charge in [-0.05, 0) is 24.7 Å². The van der Waals surface area contributed by atoms with Crippen LogP contribution in [0.3, 0.4) is 0 Å². The van der Waals surface area contributed by atoms with Crippen LogP contribution in [-0.2, 0) is 0 Å². The number of hydrogen-bond acceptors (Lipinski definition) is 5. The van der Waals surface area contributed by atoms with E-state index >= 15 is 0 Å². The van der Waals surface area contributed by atoms with Crippen molar-refractivity contribution >= 4 is 0 Å². The number of nitrogens with one attached hydrogen (secondary N) is 1. The number of aromatic nitrogens is 2. The molecule has 20 heavy (non-hydrogen) atoms. The first-order valence-corrected chi connectivity index (χ1v) is 6.52. The van der Waals surface area contributed by atoms with Gasteiger partial charge in [0.15, 0.2) is 0 Å². The Kier molecular flexibility index (Phi) is 4.90. The molecule has 0 saturated carbocycles. The Morgan fingerprint density at radius 1 is 1.15 bits per heavy atom. The lowest BCUT2D eigenvalue weighted by Crippen LogP contribution is -2.24. The monoisotopic (exact) mass is 273 g/mol. The van der Waals surface area contributed by atoms with Crippen molar-refractivity contribution in [1.82, 2.24) is 15.3 Å². The number of nitrogens with zero attached hydrogens (tertiary/aromatic N) is 2. The topological polar surface area (TPSA) is 56.3 Å². The molecule has 5 heteroatoms. The van der Waals surface area contributed by atoms with Crippen LogP contribution < -0.4 is 14.8 Å². The molecular formula is C15H19N3O2. The maximum Gasteiger partial charge on any atom is 0.149 e. The fraction of sp³-hybridized carbons (Fsp3) is 0.333. The summed E-state index contributed by atoms with van der Waals surface area (Å²) in [5.41, 5.74) is 0.987. The molecule has 0 aliphatic heterocycles. The predicted molar refractivity (Wildman–Crippen MR) is 77.1 cm³/mol. The van der Waals surface area contributed by atoms with Gasteiger partial charge in [-0.25, -0.2) is 9.97 Å². The predicted octanol–water partition coefficient (Wildman–Crippen LogP) is 2.19. The first-order valence-electron chi connectivity index (χ1n) is 6.52. The largest absolute Gasteiger partial charge is 0.497 e. The second-order valence-electron chi connectivity index (χ2n) is 4.21. The van der Waals surface area contributed by atoms with Crippen LogP contribution in [0.5, 0.6) is 11.5 Å². The Morgan fingerprint density at radius 3 is 2.50 bits per heavy atom. The lowest BCUT2D eigenvalue weighted by atomic mass is 10.0. The quantitative estimate of drug-likeness (QED) is 0.874. The highest BCUT2D eigenvalue weighted by atomic mass is 16.5. The van der Waals surface area contributed by atoms with Crippen LogP contribution in [0.25, 0.3) is 0 Å². The van der Waals surface area contributed by atoms with Crippen LogP contribution in [0.2, 0.25) is 0 Å². The van der Waals surface area contributed by atoms with E-state index < -0.39 is 0 Å². The molecule has 0 amide bonds. The average molecular weight is 273 g/mol. The van der Waals surface area contributed by atoms with E-state index in [-0.39, 0.29) is 6.04 Å². The van der Waals surface area contributed by atoms with Gasteiger partial charge in [0, 0.05) is 24.0 Å². The molecule has 2 aromatic rings. The number of benzene rings is 1. The lowest BCUT2D eigenvalue weighted by molar-refractivity contribution is 0.387. The minimum atomic E-state index is -0.109. The number of ether oxygens (including phenoxy) is 2. The van der Waals surface area contributed by atoms with Crippen molar-refractivity contribution in [1.29, 1.82) is 0 Å². The molecule has 0 aliphatic rings. The highest BCUT2D eigenvalue weighted by Gasteiger charge is 2.20. The van der Waals surface area contributed by atoms with Gasteiger partial charge in [0.25, 0.3) is 0 Å². The minimum Gasteiger partial charge on any atom is -0.497 e. The van der Waals surface area contributed by atoms with Gasteiger partial charge in [-0.15, -0.1) is 0 Å². The number of hydrogen-bond donors (Lipinski definition) is 1. The van der Waals surface area contributed by atoms with Crippen LogP contribution in [0.1, 0.15) is 24.4 Å². The normalized spacial score (nSPS) is 11.9. The molecule has 2 rings (SSSR count). The molecule has 0 radical (unpaired) electrons. The van der Waals surface area contributed by atoms with E-state index in [9.17, 15) is 0 Å². The van der Waals surface area contributed by atoms with E-state index in [1.807, 2.05) is 25.1 Å². The minimum absolute atomic E-state index is 0.109. The van der Waals surface area contributed by atoms with Crippen molar-refractivity contribution in [2.75, 3.05) is 20.8 Å². The highest BCUT2D eigenvalue weighted by molar-refractivity contribution is 5.44. The Balaban J connectivity index is 2.44. The molecule has 1 unspecified atom stereocenters. The second-order valence-corrected chi connectivity index (χ2v) is 4.21. The van der Waals surface area contributed by atoms with Crippen molar-refractivity contribution in [3.05, 3.63) is 48.0 Å². The smallest absolute Gasteiger partial charge is 0.149 e. The maximum atomic E-state index is 5.46. The van der Waals surface area contributed by atoms with Crippen LogP contribution in [-0.4, -0.2) is 30.7 Å². The molecule has 0 saturated heterocycles. The molecule has 1 aromatic carbocycles. The molecule has 1 atom stereocenters. The zero-order chi connectivity index (χ0) is 14.4. The van der Waals surface area contributed by atoms with Gasteiger partial charge in [-0.2, -0.15) is 0 Å². The third-order valence-corrected chi connectivity index (χ3v) is 3.00. The molecule has 0 fully saturated rings. The van der Waals surface area contributed by atoms with E-state index in [1.165, 1.54) is 0 Å². The molecule has 5 nitrogen and oxygen atoms in total. The molecule has 1 N–H and O–H groups in total. The number of methoxy groups -OCH3 is 2. The SMILES string of the molecule is CCNC(c1ncccn1)c1ccc(OC)cc1OC. The molecule has 0 bridgehead atoms. The van der Waals surface area contributed by atoms with Crippen molar-refractivity contribution < 1.29 is 9.47 Å². The molecule has 106 valence electrons. The Labute approximate surface area is 119 Å². The van der Waals surface area contributed by atoms with E-state index in [2.05, 4.69) is 15.3 Å². The third-order valence-electron chi connectivity index (χ3n) is 3.00. The van der Waals surface area contributed by atoms with Crippen LogP contribution in [0.4, 0.5) is 0 Å². The van der Waals surface area contributed by atoms with Gasteiger partial charge in [0.1, 0.15) is 17.3 Å². The Bertz CT molecular complexity index is 546. The van der Waals surface area contributed by atoms with Crippen LogP contribution in [0.15, 0.2) is 36.7 Å². The fourth-order valence-corrected chi connectivity index (χ4v) is 2.06. The second kappa shape index (κ2) is 6.86. The van der Waals surface area contributed by atoms with Gasteiger partial charge in [-0.1, -0.05) is 6.92 Å². The third kappa shape index (κ3) is 3.05. The Morgan fingerprint density at radius 2 is 1.90 bits per heavy atom. The summed E-state index contributed by atoms with van der Waals surface area (Å²) in [6.45, 7) is 2.85. The molecule has 1 aromatic heterocycles. The standard InChI is InChI=1S/C15H19N3O2/c1-4-16-14(15-17-8-5-9-18-15)12-7-6-11(19-2)10-13(12)20-3/h5-10,14,16H,4H2,1-3H3. The summed E-state index contributed by atoms with van der Waals surface area (Å²) in [6, 6.07) is 7.44. The van der Waals surface area contributed by atoms with Crippen LogP contribution >= 0.6 is 0 Å². The first-order chi connectivity index (χ1) is 9.80. The van der Waals surface area contributed by atoms with Crippen molar-refractivity contribution in [2.45, 2.75) is 13.0 Å². The zero-order valence-corrected chi connectivity index (χ0v) is 12.0. The summed E-state index contributed by atoms with van der Waals surface area (Å²) in [5.74, 6) is 2.23. The van der Waals surface area contributed by atoms with E-state index in [0.717, 1.165) is 29.4 Å². The van der Waals surface area contributed by atoms with Gasteiger partial charge in [-0.3, -0.25) is 0 Å². The Hall–Kier alpha value is -2.14. The maximum absolute atomic E-state index is 5.46. The van der Waals surface area contributed by atoms with E-state index in [1.54, 1.807) is 32.7 Å². The van der Waals surface area contributed by atoms with Gasteiger partial charge in [0.2, 0.25) is 0 Å². The number of rotatable bonds is 6.